The summed E-state index contributed by atoms with van der Waals surface area (Å²) in [6.07, 6.45) is 3.74. The number of fused-ring (bicyclic) bond motifs is 1. The fraction of sp³-hybridized carbons (Fsp3) is 0.0606. The predicted molar refractivity (Wildman–Crippen MR) is 154 cm³/mol. The fourth-order valence-electron chi connectivity index (χ4n) is 4.60. The van der Waals surface area contributed by atoms with Gasteiger partial charge in [0.2, 0.25) is 0 Å². The Bertz CT molecular complexity index is 1880. The maximum absolute atomic E-state index is 13.3. The zero-order chi connectivity index (χ0) is 27.5. The van der Waals surface area contributed by atoms with Crippen LogP contribution in [-0.2, 0) is 13.7 Å². The molecule has 0 spiro atoms. The molecule has 0 atom stereocenters. The van der Waals surface area contributed by atoms with Crippen LogP contribution in [0.25, 0.3) is 39.6 Å². The lowest BCUT2D eigenvalue weighted by Crippen LogP contribution is -1.97. The van der Waals surface area contributed by atoms with Crippen molar-refractivity contribution in [3.8, 4) is 28.8 Å². The minimum atomic E-state index is -0.282. The second kappa shape index (κ2) is 10.7. The van der Waals surface area contributed by atoms with Gasteiger partial charge in [-0.2, -0.15) is 10.4 Å². The van der Waals surface area contributed by atoms with Crippen LogP contribution in [0.4, 0.5) is 4.39 Å². The van der Waals surface area contributed by atoms with E-state index in [1.54, 1.807) is 16.8 Å². The number of halogens is 1. The third kappa shape index (κ3) is 4.98. The van der Waals surface area contributed by atoms with Gasteiger partial charge in [0.25, 0.3) is 0 Å². The van der Waals surface area contributed by atoms with Gasteiger partial charge in [0.1, 0.15) is 29.9 Å². The number of aryl methyl sites for hydroxylation is 1. The zero-order valence-electron chi connectivity index (χ0n) is 21.7. The van der Waals surface area contributed by atoms with Crippen molar-refractivity contribution in [1.82, 2.24) is 19.3 Å². The number of ether oxygens (including phenoxy) is 1. The van der Waals surface area contributed by atoms with Gasteiger partial charge < -0.3 is 9.30 Å². The van der Waals surface area contributed by atoms with Crippen molar-refractivity contribution in [1.29, 1.82) is 5.26 Å². The van der Waals surface area contributed by atoms with Crippen molar-refractivity contribution < 1.29 is 9.13 Å². The lowest BCUT2D eigenvalue weighted by atomic mass is 10.1. The summed E-state index contributed by atoms with van der Waals surface area (Å²) in [6.45, 7) is 0.306. The van der Waals surface area contributed by atoms with E-state index < -0.39 is 0 Å². The number of hydrogen-bond donors (Lipinski definition) is 0. The van der Waals surface area contributed by atoms with E-state index in [4.69, 9.17) is 14.8 Å². The third-order valence-electron chi connectivity index (χ3n) is 6.64. The molecular weight excluding hydrogens is 501 g/mol. The Balaban J connectivity index is 1.41. The number of aromatic nitrogens is 4. The molecule has 0 amide bonds. The summed E-state index contributed by atoms with van der Waals surface area (Å²) in [6, 6.07) is 33.9. The molecule has 194 valence electrons. The molecule has 40 heavy (non-hydrogen) atoms. The van der Waals surface area contributed by atoms with Gasteiger partial charge >= 0.3 is 0 Å². The summed E-state index contributed by atoms with van der Waals surface area (Å²) < 4.78 is 23.0. The number of nitrogens with zero attached hydrogens (tertiary/aromatic N) is 5. The van der Waals surface area contributed by atoms with E-state index in [2.05, 4.69) is 6.07 Å². The van der Waals surface area contributed by atoms with Crippen molar-refractivity contribution in [3.05, 3.63) is 132 Å². The highest BCUT2D eigenvalue weighted by Gasteiger charge is 2.16. The van der Waals surface area contributed by atoms with Crippen LogP contribution in [0, 0.1) is 17.1 Å². The molecule has 2 heterocycles. The second-order valence-electron chi connectivity index (χ2n) is 9.31. The SMILES string of the molecule is Cn1c(C(C#N)=Cc2cn(-c3ccccc3)nc2-c2cccc(OCc3ccc(F)cc3)c2)nc2ccccc21. The molecule has 0 bridgehead atoms. The van der Waals surface area contributed by atoms with Gasteiger partial charge in [-0.1, -0.05) is 54.6 Å². The number of rotatable bonds is 7. The summed E-state index contributed by atoms with van der Waals surface area (Å²) in [7, 11) is 1.91. The highest BCUT2D eigenvalue weighted by molar-refractivity contribution is 5.93. The van der Waals surface area contributed by atoms with E-state index in [1.807, 2.05) is 103 Å². The Morgan fingerprint density at radius 3 is 2.50 bits per heavy atom. The van der Waals surface area contributed by atoms with Gasteiger partial charge in [-0.25, -0.2) is 14.1 Å². The van der Waals surface area contributed by atoms with Crippen LogP contribution >= 0.6 is 0 Å². The van der Waals surface area contributed by atoms with Crippen molar-refractivity contribution in [2.24, 2.45) is 7.05 Å². The lowest BCUT2D eigenvalue weighted by molar-refractivity contribution is 0.306. The molecule has 0 N–H and O–H groups in total. The number of nitriles is 1. The first-order valence-corrected chi connectivity index (χ1v) is 12.8. The van der Waals surface area contributed by atoms with Crippen LogP contribution in [0.15, 0.2) is 109 Å². The van der Waals surface area contributed by atoms with Gasteiger partial charge in [0.05, 0.1) is 22.3 Å². The summed E-state index contributed by atoms with van der Waals surface area (Å²) in [5.74, 6) is 0.955. The van der Waals surface area contributed by atoms with Gasteiger partial charge in [0, 0.05) is 24.4 Å². The van der Waals surface area contributed by atoms with Gasteiger partial charge in [-0.15, -0.1) is 0 Å². The van der Waals surface area contributed by atoms with E-state index in [1.165, 1.54) is 12.1 Å². The maximum Gasteiger partial charge on any atom is 0.151 e. The molecule has 0 fully saturated rings. The van der Waals surface area contributed by atoms with Gasteiger partial charge in [-0.3, -0.25) is 0 Å². The largest absolute Gasteiger partial charge is 0.489 e. The predicted octanol–water partition coefficient (Wildman–Crippen LogP) is 7.21. The molecular formula is C33H24FN5O. The summed E-state index contributed by atoms with van der Waals surface area (Å²) in [5.41, 5.74) is 6.26. The Morgan fingerprint density at radius 2 is 1.73 bits per heavy atom. The Labute approximate surface area is 230 Å². The molecule has 6 nitrogen and oxygen atoms in total. The molecule has 0 aliphatic heterocycles. The first-order valence-electron chi connectivity index (χ1n) is 12.8. The molecule has 0 aliphatic rings. The normalized spacial score (nSPS) is 11.5. The average Bonchev–Trinajstić information content (AvgIpc) is 3.57. The monoisotopic (exact) mass is 525 g/mol. The van der Waals surface area contributed by atoms with E-state index in [0.29, 0.717) is 29.4 Å². The van der Waals surface area contributed by atoms with Crippen LogP contribution in [0.2, 0.25) is 0 Å². The van der Waals surface area contributed by atoms with Crippen LogP contribution in [-0.4, -0.2) is 19.3 Å². The number of allylic oxidation sites excluding steroid dienone is 1. The van der Waals surface area contributed by atoms with Gasteiger partial charge in [0.15, 0.2) is 5.82 Å². The smallest absolute Gasteiger partial charge is 0.151 e. The highest BCUT2D eigenvalue weighted by atomic mass is 19.1. The van der Waals surface area contributed by atoms with E-state index >= 15 is 0 Å². The molecule has 0 aliphatic carbocycles. The van der Waals surface area contributed by atoms with Gasteiger partial charge in [-0.05, 0) is 60.2 Å². The number of benzene rings is 4. The molecule has 6 rings (SSSR count). The zero-order valence-corrected chi connectivity index (χ0v) is 21.7. The minimum Gasteiger partial charge on any atom is -0.489 e. The Kier molecular flexibility index (Phi) is 6.65. The molecule has 7 heteroatoms. The topological polar surface area (TPSA) is 68.7 Å². The summed E-state index contributed by atoms with van der Waals surface area (Å²) in [4.78, 5) is 4.72. The number of imidazole rings is 1. The summed E-state index contributed by atoms with van der Waals surface area (Å²) in [5, 5.41) is 15.1. The first-order chi connectivity index (χ1) is 19.6. The third-order valence-corrected chi connectivity index (χ3v) is 6.64. The van der Waals surface area contributed by atoms with Crippen molar-refractivity contribution in [2.75, 3.05) is 0 Å². The highest BCUT2D eigenvalue weighted by Crippen LogP contribution is 2.31. The van der Waals surface area contributed by atoms with Crippen molar-refractivity contribution in [3.63, 3.8) is 0 Å². The van der Waals surface area contributed by atoms with Crippen molar-refractivity contribution in [2.45, 2.75) is 6.61 Å². The van der Waals surface area contributed by atoms with E-state index in [9.17, 15) is 9.65 Å². The number of hydrogen-bond acceptors (Lipinski definition) is 4. The van der Waals surface area contributed by atoms with E-state index in [-0.39, 0.29) is 5.82 Å². The fourth-order valence-corrected chi connectivity index (χ4v) is 4.60. The summed E-state index contributed by atoms with van der Waals surface area (Å²) >= 11 is 0. The van der Waals surface area contributed by atoms with Crippen LogP contribution < -0.4 is 4.74 Å². The van der Waals surface area contributed by atoms with Crippen molar-refractivity contribution >= 4 is 22.7 Å². The molecule has 0 unspecified atom stereocenters. The van der Waals surface area contributed by atoms with Crippen LogP contribution in [0.5, 0.6) is 5.75 Å². The van der Waals surface area contributed by atoms with Crippen LogP contribution in [0.3, 0.4) is 0 Å². The Hall–Kier alpha value is -5.48. The lowest BCUT2D eigenvalue weighted by Gasteiger charge is -2.08. The number of para-hydroxylation sites is 3. The second-order valence-corrected chi connectivity index (χ2v) is 9.31. The maximum atomic E-state index is 13.3. The molecule has 4 aromatic carbocycles. The quantitative estimate of drug-likeness (QED) is 0.207. The standard InChI is InChI=1S/C33H24FN5O/c1-38-31-13-6-5-12-30(31)36-33(38)25(20-35)18-26-21-39(28-9-3-2-4-10-28)37-32(26)24-8-7-11-29(19-24)40-22-23-14-16-27(34)17-15-23/h2-19,21H,22H2,1H3. The molecule has 0 saturated carbocycles. The molecule has 2 aromatic heterocycles. The molecule has 0 saturated heterocycles. The first kappa shape index (κ1) is 24.8. The minimum absolute atomic E-state index is 0.282. The Morgan fingerprint density at radius 1 is 0.950 bits per heavy atom. The molecule has 6 aromatic rings. The van der Waals surface area contributed by atoms with E-state index in [0.717, 1.165) is 33.4 Å². The van der Waals surface area contributed by atoms with Crippen LogP contribution in [0.1, 0.15) is 17.0 Å². The molecule has 0 radical (unpaired) electrons. The average molecular weight is 526 g/mol.